The van der Waals surface area contributed by atoms with Crippen molar-refractivity contribution >= 4 is 5.97 Å². The summed E-state index contributed by atoms with van der Waals surface area (Å²) in [6.07, 6.45) is 4.28. The number of unbranched alkanes of at least 4 members (excludes halogenated alkanes) is 2. The van der Waals surface area contributed by atoms with E-state index < -0.39 is 5.54 Å². The molecular formula is C16H34N2O2. The lowest BCUT2D eigenvalue weighted by atomic mass is 9.93. The highest BCUT2D eigenvalue weighted by Crippen LogP contribution is 2.18. The first-order chi connectivity index (χ1) is 9.26. The highest BCUT2D eigenvalue weighted by atomic mass is 16.5. The smallest absolute Gasteiger partial charge is 0.325 e. The van der Waals surface area contributed by atoms with Crippen molar-refractivity contribution < 1.29 is 9.53 Å². The molecule has 0 aliphatic heterocycles. The van der Waals surface area contributed by atoms with Crippen LogP contribution in [0.15, 0.2) is 0 Å². The molecule has 0 aromatic rings. The van der Waals surface area contributed by atoms with Crippen molar-refractivity contribution in [2.24, 2.45) is 5.73 Å². The molecule has 0 rings (SSSR count). The molecule has 2 N–H and O–H groups in total. The lowest BCUT2D eigenvalue weighted by molar-refractivity contribution is -0.149. The van der Waals surface area contributed by atoms with E-state index in [9.17, 15) is 4.79 Å². The van der Waals surface area contributed by atoms with Crippen LogP contribution in [0.4, 0.5) is 0 Å². The number of ether oxygens (including phenoxy) is 1. The van der Waals surface area contributed by atoms with E-state index in [1.807, 2.05) is 6.92 Å². The average molecular weight is 286 g/mol. The molecule has 0 aliphatic carbocycles. The van der Waals surface area contributed by atoms with E-state index in [1.165, 1.54) is 19.3 Å². The van der Waals surface area contributed by atoms with E-state index >= 15 is 0 Å². The quantitative estimate of drug-likeness (QED) is 0.495. The predicted molar refractivity (Wildman–Crippen MR) is 84.7 cm³/mol. The van der Waals surface area contributed by atoms with Gasteiger partial charge < -0.3 is 10.5 Å². The van der Waals surface area contributed by atoms with Crippen LogP contribution in [0, 0.1) is 0 Å². The minimum Gasteiger partial charge on any atom is -0.465 e. The van der Waals surface area contributed by atoms with Crippen LogP contribution in [0.3, 0.4) is 0 Å². The number of carbonyl (C=O) groups is 1. The zero-order valence-electron chi connectivity index (χ0n) is 14.2. The summed E-state index contributed by atoms with van der Waals surface area (Å²) in [5, 5.41) is 0. The predicted octanol–water partition coefficient (Wildman–Crippen LogP) is 2.95. The highest BCUT2D eigenvalue weighted by molar-refractivity contribution is 5.80. The molecule has 0 aliphatic rings. The Morgan fingerprint density at radius 1 is 1.25 bits per heavy atom. The van der Waals surface area contributed by atoms with Gasteiger partial charge in [-0.25, -0.2) is 0 Å². The summed E-state index contributed by atoms with van der Waals surface area (Å²) in [5.41, 5.74) is 5.23. The number of nitrogens with two attached hydrogens (primary N) is 1. The van der Waals surface area contributed by atoms with Crippen molar-refractivity contribution in [2.45, 2.75) is 84.8 Å². The molecule has 0 heterocycles. The van der Waals surface area contributed by atoms with Gasteiger partial charge in [-0.15, -0.1) is 0 Å². The largest absolute Gasteiger partial charge is 0.465 e. The van der Waals surface area contributed by atoms with E-state index in [2.05, 4.69) is 32.6 Å². The number of rotatable bonds is 10. The Labute approximate surface area is 125 Å². The maximum absolute atomic E-state index is 11.9. The van der Waals surface area contributed by atoms with Crippen LogP contribution in [-0.2, 0) is 9.53 Å². The minimum absolute atomic E-state index is 0.270. The van der Waals surface area contributed by atoms with Gasteiger partial charge in [0.15, 0.2) is 0 Å². The summed E-state index contributed by atoms with van der Waals surface area (Å²) >= 11 is 0. The van der Waals surface area contributed by atoms with Crippen LogP contribution >= 0.6 is 0 Å². The molecule has 0 amide bonds. The Morgan fingerprint density at radius 3 is 2.30 bits per heavy atom. The number of hydrogen-bond donors (Lipinski definition) is 1. The first-order valence-corrected chi connectivity index (χ1v) is 7.98. The summed E-state index contributed by atoms with van der Waals surface area (Å²) in [4.78, 5) is 14.3. The van der Waals surface area contributed by atoms with Gasteiger partial charge >= 0.3 is 5.97 Å². The van der Waals surface area contributed by atoms with Gasteiger partial charge in [-0.2, -0.15) is 0 Å². The normalized spacial score (nSPS) is 16.2. The van der Waals surface area contributed by atoms with Crippen molar-refractivity contribution in [1.29, 1.82) is 0 Å². The Hall–Kier alpha value is -0.610. The fourth-order valence-corrected chi connectivity index (χ4v) is 2.64. The standard InChI is InChI=1S/C16H34N2O2/c1-7-9-10-11-18(13(3)4)14(5)12-16(6,17)15(19)20-8-2/h13-14H,7-12,17H2,1-6H3. The number of hydrogen-bond acceptors (Lipinski definition) is 4. The second-order valence-electron chi connectivity index (χ2n) is 6.23. The zero-order valence-corrected chi connectivity index (χ0v) is 14.2. The fraction of sp³-hybridized carbons (Fsp3) is 0.938. The van der Waals surface area contributed by atoms with E-state index in [4.69, 9.17) is 10.5 Å². The van der Waals surface area contributed by atoms with Gasteiger partial charge in [0.2, 0.25) is 0 Å². The topological polar surface area (TPSA) is 55.6 Å². The van der Waals surface area contributed by atoms with Gasteiger partial charge in [0.05, 0.1) is 6.61 Å². The van der Waals surface area contributed by atoms with E-state index in [1.54, 1.807) is 6.92 Å². The van der Waals surface area contributed by atoms with Gasteiger partial charge in [-0.1, -0.05) is 19.8 Å². The minimum atomic E-state index is -0.909. The molecule has 0 aromatic carbocycles. The molecule has 0 aromatic heterocycles. The molecule has 20 heavy (non-hydrogen) atoms. The molecule has 0 fully saturated rings. The summed E-state index contributed by atoms with van der Waals surface area (Å²) in [5.74, 6) is -0.302. The zero-order chi connectivity index (χ0) is 15.8. The monoisotopic (exact) mass is 286 g/mol. The Balaban J connectivity index is 4.57. The highest BCUT2D eigenvalue weighted by Gasteiger charge is 2.33. The Kier molecular flexibility index (Phi) is 9.06. The Bertz CT molecular complexity index is 278. The average Bonchev–Trinajstić information content (AvgIpc) is 2.33. The maximum atomic E-state index is 11.9. The maximum Gasteiger partial charge on any atom is 0.325 e. The number of nitrogens with zero attached hydrogens (tertiary/aromatic N) is 1. The molecule has 0 spiro atoms. The van der Waals surface area contributed by atoms with Crippen molar-refractivity contribution in [1.82, 2.24) is 4.90 Å². The first-order valence-electron chi connectivity index (χ1n) is 7.98. The second-order valence-corrected chi connectivity index (χ2v) is 6.23. The summed E-state index contributed by atoms with van der Waals surface area (Å²) < 4.78 is 5.06. The van der Waals surface area contributed by atoms with Crippen molar-refractivity contribution in [2.75, 3.05) is 13.2 Å². The van der Waals surface area contributed by atoms with Crippen LogP contribution < -0.4 is 5.73 Å². The third kappa shape index (κ3) is 6.71. The van der Waals surface area contributed by atoms with Crippen LogP contribution in [0.5, 0.6) is 0 Å². The van der Waals surface area contributed by atoms with Gasteiger partial charge in [-0.3, -0.25) is 9.69 Å². The molecule has 2 unspecified atom stereocenters. The number of carbonyl (C=O) groups excluding carboxylic acids is 1. The van der Waals surface area contributed by atoms with Crippen LogP contribution in [-0.4, -0.2) is 41.6 Å². The molecular weight excluding hydrogens is 252 g/mol. The second kappa shape index (κ2) is 9.35. The van der Waals surface area contributed by atoms with Crippen LogP contribution in [0.25, 0.3) is 0 Å². The Morgan fingerprint density at radius 2 is 1.85 bits per heavy atom. The van der Waals surface area contributed by atoms with Crippen LogP contribution in [0.2, 0.25) is 0 Å². The van der Waals surface area contributed by atoms with E-state index in [0.29, 0.717) is 19.1 Å². The molecule has 2 atom stereocenters. The fourth-order valence-electron chi connectivity index (χ4n) is 2.64. The molecule has 4 heteroatoms. The molecule has 4 nitrogen and oxygen atoms in total. The molecule has 0 bridgehead atoms. The van der Waals surface area contributed by atoms with E-state index in [0.717, 1.165) is 6.54 Å². The molecule has 120 valence electrons. The van der Waals surface area contributed by atoms with Crippen LogP contribution in [0.1, 0.15) is 67.2 Å². The lowest BCUT2D eigenvalue weighted by Crippen LogP contribution is -2.52. The lowest BCUT2D eigenvalue weighted by Gasteiger charge is -2.36. The summed E-state index contributed by atoms with van der Waals surface area (Å²) in [7, 11) is 0. The first kappa shape index (κ1) is 19.4. The van der Waals surface area contributed by atoms with Crippen molar-refractivity contribution in [3.63, 3.8) is 0 Å². The molecule has 0 saturated heterocycles. The van der Waals surface area contributed by atoms with Crippen molar-refractivity contribution in [3.8, 4) is 0 Å². The van der Waals surface area contributed by atoms with Crippen molar-refractivity contribution in [3.05, 3.63) is 0 Å². The third-order valence-electron chi connectivity index (χ3n) is 3.71. The van der Waals surface area contributed by atoms with Gasteiger partial charge in [0.25, 0.3) is 0 Å². The molecule has 0 radical (unpaired) electrons. The SMILES string of the molecule is CCCCCN(C(C)C)C(C)CC(C)(N)C(=O)OCC. The summed E-state index contributed by atoms with van der Waals surface area (Å²) in [6, 6.07) is 0.728. The number of esters is 1. The van der Waals surface area contributed by atoms with E-state index in [-0.39, 0.29) is 12.0 Å². The van der Waals surface area contributed by atoms with Gasteiger partial charge in [-0.05, 0) is 54.0 Å². The summed E-state index contributed by atoms with van der Waals surface area (Å²) in [6.45, 7) is 13.8. The third-order valence-corrected chi connectivity index (χ3v) is 3.71. The molecule has 0 saturated carbocycles. The van der Waals surface area contributed by atoms with Gasteiger partial charge in [0.1, 0.15) is 5.54 Å². The van der Waals surface area contributed by atoms with Gasteiger partial charge in [0, 0.05) is 12.1 Å².